The van der Waals surface area contributed by atoms with E-state index in [2.05, 4.69) is 5.10 Å². The summed E-state index contributed by atoms with van der Waals surface area (Å²) in [4.78, 5) is 11.1. The van der Waals surface area contributed by atoms with E-state index in [-0.39, 0.29) is 17.2 Å². The number of amides is 1. The topological polar surface area (TPSA) is 60.9 Å². The third-order valence-corrected chi connectivity index (χ3v) is 2.93. The third-order valence-electron chi connectivity index (χ3n) is 2.93. The van der Waals surface area contributed by atoms with Crippen molar-refractivity contribution in [2.24, 2.45) is 18.2 Å². The molecule has 1 aromatic rings. The van der Waals surface area contributed by atoms with Crippen LogP contribution in [0.5, 0.6) is 0 Å². The van der Waals surface area contributed by atoms with Crippen LogP contribution < -0.4 is 5.73 Å². The van der Waals surface area contributed by atoms with Crippen LogP contribution in [-0.4, -0.2) is 15.7 Å². The SMILES string of the molecule is Cn1cc(C2CC2(C)C(N)=O)cn1. The Balaban J connectivity index is 2.20. The van der Waals surface area contributed by atoms with Crippen LogP contribution in [0.25, 0.3) is 0 Å². The standard InChI is InChI=1S/C9H13N3O/c1-9(8(10)13)3-7(9)6-4-11-12(2)5-6/h4-5,7H,3H2,1-2H3,(H2,10,13). The van der Waals surface area contributed by atoms with Crippen molar-refractivity contribution in [2.45, 2.75) is 19.3 Å². The highest BCUT2D eigenvalue weighted by molar-refractivity contribution is 5.85. The Bertz CT molecular complexity index is 357. The molecule has 1 saturated carbocycles. The molecule has 0 spiro atoms. The zero-order chi connectivity index (χ0) is 9.64. The second-order valence-corrected chi connectivity index (χ2v) is 3.99. The van der Waals surface area contributed by atoms with Gasteiger partial charge >= 0.3 is 0 Å². The first kappa shape index (κ1) is 8.29. The molecule has 1 amide bonds. The predicted molar refractivity (Wildman–Crippen MR) is 47.9 cm³/mol. The molecule has 2 rings (SSSR count). The summed E-state index contributed by atoms with van der Waals surface area (Å²) in [5.41, 5.74) is 6.08. The van der Waals surface area contributed by atoms with E-state index in [0.29, 0.717) is 0 Å². The second kappa shape index (κ2) is 2.34. The van der Waals surface area contributed by atoms with Gasteiger partial charge < -0.3 is 5.73 Å². The minimum atomic E-state index is -0.330. The van der Waals surface area contributed by atoms with Gasteiger partial charge in [-0.2, -0.15) is 5.10 Å². The number of carbonyl (C=O) groups excluding carboxylic acids is 1. The van der Waals surface area contributed by atoms with E-state index in [0.717, 1.165) is 12.0 Å². The molecule has 0 aliphatic heterocycles. The lowest BCUT2D eigenvalue weighted by Gasteiger charge is -2.03. The zero-order valence-electron chi connectivity index (χ0n) is 7.82. The normalized spacial score (nSPS) is 31.7. The first-order chi connectivity index (χ1) is 6.04. The molecule has 0 radical (unpaired) electrons. The third kappa shape index (κ3) is 1.13. The fourth-order valence-electron chi connectivity index (χ4n) is 1.74. The van der Waals surface area contributed by atoms with Crippen LogP contribution in [0.1, 0.15) is 24.8 Å². The number of nitrogens with zero attached hydrogens (tertiary/aromatic N) is 2. The summed E-state index contributed by atoms with van der Waals surface area (Å²) in [6.07, 6.45) is 4.60. The number of aryl methyl sites for hydroxylation is 1. The van der Waals surface area contributed by atoms with Crippen LogP contribution in [0.15, 0.2) is 12.4 Å². The summed E-state index contributed by atoms with van der Waals surface area (Å²) in [6, 6.07) is 0. The fourth-order valence-corrected chi connectivity index (χ4v) is 1.74. The zero-order valence-corrected chi connectivity index (χ0v) is 7.82. The maximum atomic E-state index is 11.1. The van der Waals surface area contributed by atoms with Gasteiger partial charge in [-0.1, -0.05) is 6.92 Å². The molecule has 1 heterocycles. The number of rotatable bonds is 2. The lowest BCUT2D eigenvalue weighted by Crippen LogP contribution is -2.23. The molecule has 2 N–H and O–H groups in total. The van der Waals surface area contributed by atoms with Gasteiger partial charge in [-0.15, -0.1) is 0 Å². The highest BCUT2D eigenvalue weighted by atomic mass is 16.1. The number of nitrogens with two attached hydrogens (primary N) is 1. The Labute approximate surface area is 76.7 Å². The van der Waals surface area contributed by atoms with Gasteiger partial charge in [0.25, 0.3) is 0 Å². The highest BCUT2D eigenvalue weighted by Crippen LogP contribution is 2.58. The van der Waals surface area contributed by atoms with Crippen molar-refractivity contribution >= 4 is 5.91 Å². The summed E-state index contributed by atoms with van der Waals surface area (Å²) in [5.74, 6) is 0.0695. The Morgan fingerprint density at radius 1 is 1.85 bits per heavy atom. The first-order valence-electron chi connectivity index (χ1n) is 4.32. The Kier molecular flexibility index (Phi) is 1.49. The van der Waals surface area contributed by atoms with Gasteiger partial charge in [-0.25, -0.2) is 0 Å². The molecule has 1 fully saturated rings. The molecule has 13 heavy (non-hydrogen) atoms. The average Bonchev–Trinajstić information content (AvgIpc) is 2.55. The molecule has 0 aromatic carbocycles. The van der Waals surface area contributed by atoms with E-state index in [4.69, 9.17) is 5.73 Å². The molecule has 2 unspecified atom stereocenters. The molecular weight excluding hydrogens is 166 g/mol. The molecule has 4 heteroatoms. The van der Waals surface area contributed by atoms with Crippen molar-refractivity contribution in [2.75, 3.05) is 0 Å². The smallest absolute Gasteiger partial charge is 0.224 e. The molecule has 1 aliphatic rings. The molecule has 0 saturated heterocycles. The van der Waals surface area contributed by atoms with Crippen molar-refractivity contribution in [1.82, 2.24) is 9.78 Å². The van der Waals surface area contributed by atoms with E-state index in [9.17, 15) is 4.79 Å². The predicted octanol–water partition coefficient (Wildman–Crippen LogP) is 0.399. The van der Waals surface area contributed by atoms with E-state index in [1.165, 1.54) is 0 Å². The lowest BCUT2D eigenvalue weighted by atomic mass is 10.0. The van der Waals surface area contributed by atoms with E-state index < -0.39 is 0 Å². The van der Waals surface area contributed by atoms with E-state index in [1.807, 2.05) is 20.2 Å². The van der Waals surface area contributed by atoms with Crippen LogP contribution in [0.2, 0.25) is 0 Å². The van der Waals surface area contributed by atoms with E-state index >= 15 is 0 Å². The molecule has 4 nitrogen and oxygen atoms in total. The first-order valence-corrected chi connectivity index (χ1v) is 4.32. The van der Waals surface area contributed by atoms with Crippen LogP contribution in [-0.2, 0) is 11.8 Å². The number of hydrogen-bond acceptors (Lipinski definition) is 2. The maximum absolute atomic E-state index is 11.1. The minimum Gasteiger partial charge on any atom is -0.369 e. The van der Waals surface area contributed by atoms with Gasteiger partial charge in [-0.05, 0) is 12.0 Å². The van der Waals surface area contributed by atoms with E-state index in [1.54, 1.807) is 10.9 Å². The summed E-state index contributed by atoms with van der Waals surface area (Å²) in [6.45, 7) is 1.91. The Morgan fingerprint density at radius 3 is 2.92 bits per heavy atom. The van der Waals surface area contributed by atoms with Crippen LogP contribution in [0.3, 0.4) is 0 Å². The van der Waals surface area contributed by atoms with Crippen molar-refractivity contribution in [3.63, 3.8) is 0 Å². The molecule has 1 aromatic heterocycles. The van der Waals surface area contributed by atoms with Gasteiger partial charge in [0.15, 0.2) is 0 Å². The number of aromatic nitrogens is 2. The number of primary amides is 1. The summed E-state index contributed by atoms with van der Waals surface area (Å²) in [5, 5.41) is 4.07. The van der Waals surface area contributed by atoms with Crippen molar-refractivity contribution in [3.05, 3.63) is 18.0 Å². The van der Waals surface area contributed by atoms with Crippen LogP contribution in [0, 0.1) is 5.41 Å². The van der Waals surface area contributed by atoms with Crippen molar-refractivity contribution < 1.29 is 4.79 Å². The van der Waals surface area contributed by atoms with Crippen LogP contribution >= 0.6 is 0 Å². The highest BCUT2D eigenvalue weighted by Gasteiger charge is 2.55. The van der Waals surface area contributed by atoms with Gasteiger partial charge in [0.1, 0.15) is 0 Å². The molecular formula is C9H13N3O. The molecule has 1 aliphatic carbocycles. The number of hydrogen-bond donors (Lipinski definition) is 1. The summed E-state index contributed by atoms with van der Waals surface area (Å²) >= 11 is 0. The molecule has 2 atom stereocenters. The van der Waals surface area contributed by atoms with Crippen LogP contribution in [0.4, 0.5) is 0 Å². The monoisotopic (exact) mass is 179 g/mol. The van der Waals surface area contributed by atoms with Gasteiger partial charge in [0, 0.05) is 19.2 Å². The molecule has 0 bridgehead atoms. The number of carbonyl (C=O) groups is 1. The van der Waals surface area contributed by atoms with Gasteiger partial charge in [0.05, 0.1) is 11.6 Å². The molecule has 70 valence electrons. The van der Waals surface area contributed by atoms with Gasteiger partial charge in [0.2, 0.25) is 5.91 Å². The lowest BCUT2D eigenvalue weighted by molar-refractivity contribution is -0.122. The summed E-state index contributed by atoms with van der Waals surface area (Å²) in [7, 11) is 1.87. The average molecular weight is 179 g/mol. The van der Waals surface area contributed by atoms with Crippen molar-refractivity contribution in [3.8, 4) is 0 Å². The maximum Gasteiger partial charge on any atom is 0.224 e. The Hall–Kier alpha value is -1.32. The quantitative estimate of drug-likeness (QED) is 0.714. The Morgan fingerprint density at radius 2 is 2.54 bits per heavy atom. The fraction of sp³-hybridized carbons (Fsp3) is 0.556. The van der Waals surface area contributed by atoms with Crippen molar-refractivity contribution in [1.29, 1.82) is 0 Å². The minimum absolute atomic E-state index is 0.207. The largest absolute Gasteiger partial charge is 0.369 e. The van der Waals surface area contributed by atoms with Gasteiger partial charge in [-0.3, -0.25) is 9.48 Å². The second-order valence-electron chi connectivity index (χ2n) is 3.99. The summed E-state index contributed by atoms with van der Waals surface area (Å²) < 4.78 is 1.75.